The molecule has 1 aromatic heterocycles. The van der Waals surface area contributed by atoms with Crippen molar-refractivity contribution in [1.29, 1.82) is 5.26 Å². The highest BCUT2D eigenvalue weighted by atomic mass is 16.2. The minimum Gasteiger partial charge on any atom is -0.335 e. The summed E-state index contributed by atoms with van der Waals surface area (Å²) in [6.07, 6.45) is 8.08. The Morgan fingerprint density at radius 3 is 2.61 bits per heavy atom. The third-order valence-corrected chi connectivity index (χ3v) is 5.61. The lowest BCUT2D eigenvalue weighted by Crippen LogP contribution is -2.39. The highest BCUT2D eigenvalue weighted by molar-refractivity contribution is 5.73. The van der Waals surface area contributed by atoms with Gasteiger partial charge in [-0.15, -0.1) is 0 Å². The van der Waals surface area contributed by atoms with Crippen molar-refractivity contribution < 1.29 is 4.79 Å². The van der Waals surface area contributed by atoms with E-state index in [9.17, 15) is 4.79 Å². The van der Waals surface area contributed by atoms with Crippen molar-refractivity contribution in [3.8, 4) is 6.07 Å². The number of aromatic nitrogens is 2. The summed E-state index contributed by atoms with van der Waals surface area (Å²) >= 11 is 0. The predicted molar refractivity (Wildman–Crippen MR) is 107 cm³/mol. The van der Waals surface area contributed by atoms with Gasteiger partial charge < -0.3 is 4.90 Å². The third kappa shape index (κ3) is 4.93. The summed E-state index contributed by atoms with van der Waals surface area (Å²) in [5.74, 6) is 0.0995. The van der Waals surface area contributed by atoms with E-state index in [-0.39, 0.29) is 11.9 Å². The van der Waals surface area contributed by atoms with Crippen LogP contribution in [0.1, 0.15) is 55.8 Å². The van der Waals surface area contributed by atoms with Gasteiger partial charge in [-0.05, 0) is 50.4 Å². The number of likely N-dealkylation sites (tertiary alicyclic amines) is 1. The SMILES string of the molecule is CC(=O)N(Cc1cncnc1)[C@@H]1CCCN([C@H](C)c2ccc(C#N)cc2)CC1. The standard InChI is InChI=1S/C22H27N5O/c1-17(21-7-5-19(12-23)6-8-21)26-10-3-4-22(9-11-26)27(18(2)28)15-20-13-24-16-25-14-20/h5-8,13-14,16-17,22H,3-4,9-11,15H2,1-2H3/t17-,22-/m1/s1. The maximum atomic E-state index is 12.3. The highest BCUT2D eigenvalue weighted by Gasteiger charge is 2.26. The molecule has 2 aromatic rings. The molecular weight excluding hydrogens is 350 g/mol. The molecule has 0 unspecified atom stereocenters. The van der Waals surface area contributed by atoms with Crippen LogP contribution < -0.4 is 0 Å². The summed E-state index contributed by atoms with van der Waals surface area (Å²) in [6, 6.07) is 10.5. The van der Waals surface area contributed by atoms with Gasteiger partial charge in [0.05, 0.1) is 11.6 Å². The Balaban J connectivity index is 1.65. The fourth-order valence-electron chi connectivity index (χ4n) is 3.95. The van der Waals surface area contributed by atoms with Crippen molar-refractivity contribution in [2.45, 2.75) is 51.7 Å². The first-order chi connectivity index (χ1) is 13.6. The average Bonchev–Trinajstić information content (AvgIpc) is 2.98. The highest BCUT2D eigenvalue weighted by Crippen LogP contribution is 2.26. The number of nitriles is 1. The number of hydrogen-bond acceptors (Lipinski definition) is 5. The fourth-order valence-corrected chi connectivity index (χ4v) is 3.95. The molecule has 1 fully saturated rings. The molecule has 28 heavy (non-hydrogen) atoms. The molecule has 146 valence electrons. The maximum absolute atomic E-state index is 12.3. The molecule has 2 heterocycles. The van der Waals surface area contributed by atoms with Crippen LogP contribution in [-0.4, -0.2) is 44.8 Å². The van der Waals surface area contributed by atoms with E-state index in [1.54, 1.807) is 19.3 Å². The molecule has 1 aliphatic rings. The first-order valence-electron chi connectivity index (χ1n) is 9.83. The Kier molecular flexibility index (Phi) is 6.72. The first kappa shape index (κ1) is 20.0. The smallest absolute Gasteiger partial charge is 0.219 e. The first-order valence-corrected chi connectivity index (χ1v) is 9.83. The van der Waals surface area contributed by atoms with Gasteiger partial charge in [-0.2, -0.15) is 5.26 Å². The van der Waals surface area contributed by atoms with Gasteiger partial charge in [0, 0.05) is 50.1 Å². The van der Waals surface area contributed by atoms with Crippen LogP contribution in [0.3, 0.4) is 0 Å². The molecule has 0 saturated carbocycles. The number of hydrogen-bond donors (Lipinski definition) is 0. The minimum absolute atomic E-state index is 0.0995. The molecule has 0 radical (unpaired) electrons. The normalized spacial score (nSPS) is 18.7. The Morgan fingerprint density at radius 1 is 1.25 bits per heavy atom. The average molecular weight is 377 g/mol. The molecule has 1 aliphatic heterocycles. The van der Waals surface area contributed by atoms with Crippen molar-refractivity contribution >= 4 is 5.91 Å². The van der Waals surface area contributed by atoms with Crippen molar-refractivity contribution in [3.63, 3.8) is 0 Å². The van der Waals surface area contributed by atoms with Gasteiger partial charge in [0.25, 0.3) is 0 Å². The number of benzene rings is 1. The lowest BCUT2D eigenvalue weighted by atomic mass is 10.0. The van der Waals surface area contributed by atoms with Crippen molar-refractivity contribution in [2.75, 3.05) is 13.1 Å². The van der Waals surface area contributed by atoms with Gasteiger partial charge in [0.1, 0.15) is 6.33 Å². The molecule has 6 heteroatoms. The van der Waals surface area contributed by atoms with E-state index in [0.29, 0.717) is 18.2 Å². The molecule has 6 nitrogen and oxygen atoms in total. The molecule has 2 atom stereocenters. The van der Waals surface area contributed by atoms with Crippen LogP contribution in [0, 0.1) is 11.3 Å². The second kappa shape index (κ2) is 9.43. The second-order valence-electron chi connectivity index (χ2n) is 7.42. The zero-order valence-corrected chi connectivity index (χ0v) is 16.6. The van der Waals surface area contributed by atoms with Gasteiger partial charge in [0.15, 0.2) is 0 Å². The number of nitrogens with zero attached hydrogens (tertiary/aromatic N) is 5. The quantitative estimate of drug-likeness (QED) is 0.799. The fraction of sp³-hybridized carbons (Fsp3) is 0.455. The third-order valence-electron chi connectivity index (χ3n) is 5.61. The number of carbonyl (C=O) groups excluding carboxylic acids is 1. The summed E-state index contributed by atoms with van der Waals surface area (Å²) in [7, 11) is 0. The lowest BCUT2D eigenvalue weighted by molar-refractivity contribution is -0.132. The predicted octanol–water partition coefficient (Wildman–Crippen LogP) is 3.31. The van der Waals surface area contributed by atoms with Crippen LogP contribution >= 0.6 is 0 Å². The van der Waals surface area contributed by atoms with Crippen molar-refractivity contribution in [2.24, 2.45) is 0 Å². The Hall–Kier alpha value is -2.78. The summed E-state index contributed by atoms with van der Waals surface area (Å²) in [6.45, 7) is 6.38. The molecule has 1 amide bonds. The van der Waals surface area contributed by atoms with E-state index < -0.39 is 0 Å². The van der Waals surface area contributed by atoms with E-state index in [1.165, 1.54) is 11.9 Å². The molecule has 3 rings (SSSR count). The monoisotopic (exact) mass is 377 g/mol. The summed E-state index contributed by atoms with van der Waals surface area (Å²) in [4.78, 5) is 24.9. The number of amides is 1. The van der Waals surface area contributed by atoms with Gasteiger partial charge in [-0.3, -0.25) is 9.69 Å². The van der Waals surface area contributed by atoms with Crippen molar-refractivity contribution in [3.05, 3.63) is 59.7 Å². The van der Waals surface area contributed by atoms with Crippen LogP contribution in [0.2, 0.25) is 0 Å². The zero-order chi connectivity index (χ0) is 19.9. The van der Waals surface area contributed by atoms with Crippen LogP contribution in [0.25, 0.3) is 0 Å². The molecule has 1 saturated heterocycles. The molecule has 0 bridgehead atoms. The van der Waals surface area contributed by atoms with E-state index in [1.807, 2.05) is 29.2 Å². The molecule has 0 spiro atoms. The minimum atomic E-state index is 0.0995. The Labute approximate surface area is 166 Å². The summed E-state index contributed by atoms with van der Waals surface area (Å²) in [5, 5.41) is 8.98. The molecular formula is C22H27N5O. The van der Waals surface area contributed by atoms with Gasteiger partial charge in [-0.1, -0.05) is 12.1 Å². The second-order valence-corrected chi connectivity index (χ2v) is 7.42. The number of carbonyl (C=O) groups is 1. The van der Waals surface area contributed by atoms with Crippen molar-refractivity contribution in [1.82, 2.24) is 19.8 Å². The van der Waals surface area contributed by atoms with Crippen LogP contribution in [0.5, 0.6) is 0 Å². The van der Waals surface area contributed by atoms with Crippen LogP contribution in [0.4, 0.5) is 0 Å². The molecule has 0 aliphatic carbocycles. The zero-order valence-electron chi connectivity index (χ0n) is 16.6. The van der Waals surface area contributed by atoms with E-state index >= 15 is 0 Å². The van der Waals surface area contributed by atoms with Crippen LogP contribution in [0.15, 0.2) is 43.0 Å². The Bertz CT molecular complexity index is 815. The summed E-state index contributed by atoms with van der Waals surface area (Å²) < 4.78 is 0. The van der Waals surface area contributed by atoms with Gasteiger partial charge in [0.2, 0.25) is 5.91 Å². The van der Waals surface area contributed by atoms with E-state index in [2.05, 4.69) is 27.9 Å². The van der Waals surface area contributed by atoms with E-state index in [4.69, 9.17) is 5.26 Å². The summed E-state index contributed by atoms with van der Waals surface area (Å²) in [5.41, 5.74) is 2.88. The lowest BCUT2D eigenvalue weighted by Gasteiger charge is -2.31. The topological polar surface area (TPSA) is 73.1 Å². The number of rotatable bonds is 5. The van der Waals surface area contributed by atoms with Crippen LogP contribution in [-0.2, 0) is 11.3 Å². The largest absolute Gasteiger partial charge is 0.335 e. The maximum Gasteiger partial charge on any atom is 0.219 e. The van der Waals surface area contributed by atoms with Gasteiger partial charge >= 0.3 is 0 Å². The molecule has 1 aromatic carbocycles. The molecule has 0 N–H and O–H groups in total. The van der Waals surface area contributed by atoms with E-state index in [0.717, 1.165) is 37.9 Å². The van der Waals surface area contributed by atoms with Gasteiger partial charge in [-0.25, -0.2) is 9.97 Å². The Morgan fingerprint density at radius 2 is 1.96 bits per heavy atom.